The average Bonchev–Trinajstić information content (AvgIpc) is 3.31. The number of carbonyl (C=O) groups excluding carboxylic acids is 2. The van der Waals surface area contributed by atoms with Gasteiger partial charge in [-0.1, -0.05) is 12.1 Å². The molecule has 0 atom stereocenters. The molecule has 6 heteroatoms. The summed E-state index contributed by atoms with van der Waals surface area (Å²) in [5.41, 5.74) is 5.91. The third-order valence-electron chi connectivity index (χ3n) is 3.27. The molecule has 0 radical (unpaired) electrons. The van der Waals surface area contributed by atoms with Gasteiger partial charge in [-0.25, -0.2) is 0 Å². The third kappa shape index (κ3) is 3.61. The van der Waals surface area contributed by atoms with Crippen LogP contribution in [0.5, 0.6) is 0 Å². The number of carbonyl (C=O) groups is 2. The number of furan rings is 1. The molecule has 3 aromatic rings. The summed E-state index contributed by atoms with van der Waals surface area (Å²) in [6, 6.07) is 14.3. The zero-order chi connectivity index (χ0) is 16.8. The molecule has 3 rings (SSSR count). The fourth-order valence-electron chi connectivity index (χ4n) is 2.16. The fraction of sp³-hybridized carbons (Fsp3) is 0. The van der Waals surface area contributed by atoms with E-state index in [1.54, 1.807) is 24.3 Å². The van der Waals surface area contributed by atoms with Crippen LogP contribution in [0.2, 0.25) is 0 Å². The number of amides is 2. The van der Waals surface area contributed by atoms with Crippen molar-refractivity contribution in [2.45, 2.75) is 0 Å². The van der Waals surface area contributed by atoms with Crippen LogP contribution in [0.1, 0.15) is 16.1 Å². The highest BCUT2D eigenvalue weighted by Crippen LogP contribution is 2.14. The van der Waals surface area contributed by atoms with E-state index in [0.717, 1.165) is 5.69 Å². The first kappa shape index (κ1) is 15.4. The second kappa shape index (κ2) is 7.15. The van der Waals surface area contributed by atoms with E-state index in [0.29, 0.717) is 11.3 Å². The van der Waals surface area contributed by atoms with Crippen molar-refractivity contribution in [3.8, 4) is 5.69 Å². The first-order valence-corrected chi connectivity index (χ1v) is 7.28. The van der Waals surface area contributed by atoms with E-state index >= 15 is 0 Å². The van der Waals surface area contributed by atoms with Gasteiger partial charge in [-0.05, 0) is 42.5 Å². The van der Waals surface area contributed by atoms with Gasteiger partial charge < -0.3 is 8.98 Å². The molecule has 0 saturated carbocycles. The van der Waals surface area contributed by atoms with Crippen molar-refractivity contribution < 1.29 is 14.0 Å². The first-order valence-electron chi connectivity index (χ1n) is 7.28. The van der Waals surface area contributed by atoms with E-state index < -0.39 is 11.8 Å². The molecule has 0 fully saturated rings. The highest BCUT2D eigenvalue weighted by molar-refractivity contribution is 6.00. The quantitative estimate of drug-likeness (QED) is 0.573. The van der Waals surface area contributed by atoms with Crippen LogP contribution < -0.4 is 10.9 Å². The van der Waals surface area contributed by atoms with E-state index in [-0.39, 0.29) is 0 Å². The SMILES string of the molecule is O=C(/C=C/c1ccco1)NNC(=O)c1ccccc1-n1cccc1. The average molecular weight is 321 g/mol. The largest absolute Gasteiger partial charge is 0.465 e. The Balaban J connectivity index is 1.65. The van der Waals surface area contributed by atoms with Gasteiger partial charge in [0.15, 0.2) is 0 Å². The number of hydrazine groups is 1. The lowest BCUT2D eigenvalue weighted by Crippen LogP contribution is -2.41. The Morgan fingerprint density at radius 3 is 2.50 bits per heavy atom. The summed E-state index contributed by atoms with van der Waals surface area (Å²) in [6.07, 6.45) is 7.98. The van der Waals surface area contributed by atoms with Gasteiger partial charge in [0.25, 0.3) is 11.8 Å². The molecule has 2 N–H and O–H groups in total. The molecule has 24 heavy (non-hydrogen) atoms. The van der Waals surface area contributed by atoms with Gasteiger partial charge in [0.05, 0.1) is 17.5 Å². The summed E-state index contributed by atoms with van der Waals surface area (Å²) in [5.74, 6) is -0.313. The molecule has 0 aliphatic rings. The number of hydrogen-bond acceptors (Lipinski definition) is 3. The zero-order valence-corrected chi connectivity index (χ0v) is 12.7. The third-order valence-corrected chi connectivity index (χ3v) is 3.27. The number of aromatic nitrogens is 1. The summed E-state index contributed by atoms with van der Waals surface area (Å²) in [5, 5.41) is 0. The molecule has 1 aromatic carbocycles. The summed E-state index contributed by atoms with van der Waals surface area (Å²) in [4.78, 5) is 24.0. The molecular formula is C18H15N3O3. The second-order valence-electron chi connectivity index (χ2n) is 4.90. The number of hydrogen-bond donors (Lipinski definition) is 2. The van der Waals surface area contributed by atoms with E-state index in [1.807, 2.05) is 41.2 Å². The summed E-state index contributed by atoms with van der Waals surface area (Å²) >= 11 is 0. The van der Waals surface area contributed by atoms with Crippen molar-refractivity contribution in [3.63, 3.8) is 0 Å². The summed E-state index contributed by atoms with van der Waals surface area (Å²) in [6.45, 7) is 0. The van der Waals surface area contributed by atoms with Crippen LogP contribution in [-0.2, 0) is 4.79 Å². The highest BCUT2D eigenvalue weighted by atomic mass is 16.3. The molecule has 0 unspecified atom stereocenters. The highest BCUT2D eigenvalue weighted by Gasteiger charge is 2.12. The van der Waals surface area contributed by atoms with Crippen LogP contribution >= 0.6 is 0 Å². The molecular weight excluding hydrogens is 306 g/mol. The van der Waals surface area contributed by atoms with Crippen LogP contribution in [0.3, 0.4) is 0 Å². The first-order chi connectivity index (χ1) is 11.7. The standard InChI is InChI=1S/C18H15N3O3/c22-17(10-9-14-6-5-13-24-14)19-20-18(23)15-7-1-2-8-16(15)21-11-3-4-12-21/h1-13H,(H,19,22)(H,20,23)/b10-9+. The van der Waals surface area contributed by atoms with Crippen LogP contribution in [-0.4, -0.2) is 16.4 Å². The van der Waals surface area contributed by atoms with Crippen molar-refractivity contribution in [1.82, 2.24) is 15.4 Å². The number of benzene rings is 1. The van der Waals surface area contributed by atoms with Crippen molar-refractivity contribution in [2.24, 2.45) is 0 Å². The Labute approximate surface area is 138 Å². The summed E-state index contributed by atoms with van der Waals surface area (Å²) < 4.78 is 6.91. The lowest BCUT2D eigenvalue weighted by molar-refractivity contribution is -0.117. The molecule has 120 valence electrons. The fourth-order valence-corrected chi connectivity index (χ4v) is 2.16. The van der Waals surface area contributed by atoms with Gasteiger partial charge in [0.1, 0.15) is 5.76 Å². The maximum atomic E-state index is 12.3. The van der Waals surface area contributed by atoms with Crippen molar-refractivity contribution >= 4 is 17.9 Å². The second-order valence-corrected chi connectivity index (χ2v) is 4.90. The zero-order valence-electron chi connectivity index (χ0n) is 12.7. The Bertz CT molecular complexity index is 850. The van der Waals surface area contributed by atoms with Crippen LogP contribution in [0.4, 0.5) is 0 Å². The van der Waals surface area contributed by atoms with E-state index in [1.165, 1.54) is 18.4 Å². The predicted octanol–water partition coefficient (Wildman–Crippen LogP) is 2.54. The number of para-hydroxylation sites is 1. The monoisotopic (exact) mass is 321 g/mol. The number of nitrogens with one attached hydrogen (secondary N) is 2. The molecule has 0 aliphatic carbocycles. The maximum Gasteiger partial charge on any atom is 0.271 e. The van der Waals surface area contributed by atoms with E-state index in [9.17, 15) is 9.59 Å². The molecule has 2 amide bonds. The minimum atomic E-state index is -0.460. The molecule has 0 bridgehead atoms. The van der Waals surface area contributed by atoms with Crippen LogP contribution in [0.15, 0.2) is 77.7 Å². The summed E-state index contributed by atoms with van der Waals surface area (Å²) in [7, 11) is 0. The van der Waals surface area contributed by atoms with Gasteiger partial charge in [-0.2, -0.15) is 0 Å². The molecule has 6 nitrogen and oxygen atoms in total. The lowest BCUT2D eigenvalue weighted by Gasteiger charge is -2.11. The number of nitrogens with zero attached hydrogens (tertiary/aromatic N) is 1. The van der Waals surface area contributed by atoms with Gasteiger partial charge in [-0.3, -0.25) is 20.4 Å². The van der Waals surface area contributed by atoms with Crippen LogP contribution in [0, 0.1) is 0 Å². The van der Waals surface area contributed by atoms with Gasteiger partial charge in [0.2, 0.25) is 0 Å². The Hall–Kier alpha value is -3.54. The normalized spacial score (nSPS) is 10.7. The van der Waals surface area contributed by atoms with Crippen molar-refractivity contribution in [2.75, 3.05) is 0 Å². The minimum Gasteiger partial charge on any atom is -0.465 e. The van der Waals surface area contributed by atoms with Crippen LogP contribution in [0.25, 0.3) is 11.8 Å². The maximum absolute atomic E-state index is 12.3. The van der Waals surface area contributed by atoms with Crippen molar-refractivity contribution in [3.05, 3.63) is 84.6 Å². The molecule has 0 spiro atoms. The molecule has 2 aromatic heterocycles. The Morgan fingerprint density at radius 1 is 0.958 bits per heavy atom. The van der Waals surface area contributed by atoms with Gasteiger partial charge in [0, 0.05) is 18.5 Å². The van der Waals surface area contributed by atoms with Crippen molar-refractivity contribution in [1.29, 1.82) is 0 Å². The van der Waals surface area contributed by atoms with E-state index in [2.05, 4.69) is 10.9 Å². The number of rotatable bonds is 4. The topological polar surface area (TPSA) is 76.3 Å². The predicted molar refractivity (Wildman–Crippen MR) is 89.1 cm³/mol. The van der Waals surface area contributed by atoms with E-state index in [4.69, 9.17) is 4.42 Å². The Morgan fingerprint density at radius 2 is 1.75 bits per heavy atom. The van der Waals surface area contributed by atoms with Gasteiger partial charge >= 0.3 is 0 Å². The smallest absolute Gasteiger partial charge is 0.271 e. The Kier molecular flexibility index (Phi) is 4.57. The molecule has 0 aliphatic heterocycles. The molecule has 0 saturated heterocycles. The lowest BCUT2D eigenvalue weighted by atomic mass is 10.1. The van der Waals surface area contributed by atoms with Gasteiger partial charge in [-0.15, -0.1) is 0 Å². The minimum absolute atomic E-state index is 0.404. The molecule has 2 heterocycles.